The van der Waals surface area contributed by atoms with E-state index in [0.717, 1.165) is 5.56 Å². The fourth-order valence-corrected chi connectivity index (χ4v) is 2.78. The smallest absolute Gasteiger partial charge is 0.307 e. The Morgan fingerprint density at radius 1 is 1.29 bits per heavy atom. The van der Waals surface area contributed by atoms with Crippen molar-refractivity contribution in [3.8, 4) is 0 Å². The highest BCUT2D eigenvalue weighted by Crippen LogP contribution is 2.28. The number of benzene rings is 1. The first-order valence-electron chi connectivity index (χ1n) is 7.60. The highest BCUT2D eigenvalue weighted by molar-refractivity contribution is 5.94. The summed E-state index contributed by atoms with van der Waals surface area (Å²) < 4.78 is 10.6. The third-order valence-electron chi connectivity index (χ3n) is 3.99. The summed E-state index contributed by atoms with van der Waals surface area (Å²) in [5, 5.41) is 4.03. The molecule has 126 valence electrons. The molecule has 2 aliphatic heterocycles. The van der Waals surface area contributed by atoms with Gasteiger partial charge in [0, 0.05) is 18.7 Å². The van der Waals surface area contributed by atoms with Crippen LogP contribution in [0.15, 0.2) is 47.8 Å². The summed E-state index contributed by atoms with van der Waals surface area (Å²) >= 11 is 0. The molecular formula is C17H18N2O5. The van der Waals surface area contributed by atoms with Crippen molar-refractivity contribution in [2.24, 2.45) is 5.16 Å². The molecule has 3 atom stereocenters. The SMILES string of the molecule is COC(=O)C[C@H]1[C@@H]2ON=C(c3ccccc3)OC2C=CN1C(C)=O. The third kappa shape index (κ3) is 3.10. The average molecular weight is 330 g/mol. The summed E-state index contributed by atoms with van der Waals surface area (Å²) in [6.45, 7) is 1.43. The molecule has 0 saturated heterocycles. The zero-order chi connectivity index (χ0) is 17.1. The summed E-state index contributed by atoms with van der Waals surface area (Å²) in [6.07, 6.45) is 2.33. The Kier molecular flexibility index (Phi) is 4.50. The summed E-state index contributed by atoms with van der Waals surface area (Å²) in [4.78, 5) is 30.6. The number of oxime groups is 1. The van der Waals surface area contributed by atoms with Crippen LogP contribution in [0.1, 0.15) is 18.9 Å². The molecule has 0 aliphatic carbocycles. The van der Waals surface area contributed by atoms with E-state index in [4.69, 9.17) is 14.3 Å². The van der Waals surface area contributed by atoms with E-state index in [1.54, 1.807) is 12.3 Å². The zero-order valence-electron chi connectivity index (χ0n) is 13.4. The lowest BCUT2D eigenvalue weighted by atomic mass is 9.96. The first-order valence-corrected chi connectivity index (χ1v) is 7.60. The van der Waals surface area contributed by atoms with E-state index >= 15 is 0 Å². The lowest BCUT2D eigenvalue weighted by Crippen LogP contribution is -2.55. The Labute approximate surface area is 139 Å². The second kappa shape index (κ2) is 6.74. The minimum absolute atomic E-state index is 0.00113. The van der Waals surface area contributed by atoms with E-state index < -0.39 is 24.2 Å². The normalized spacial score (nSPS) is 25.0. The number of hydrogen-bond acceptors (Lipinski definition) is 6. The van der Waals surface area contributed by atoms with Gasteiger partial charge in [0.15, 0.2) is 12.2 Å². The Morgan fingerprint density at radius 3 is 2.71 bits per heavy atom. The van der Waals surface area contributed by atoms with Gasteiger partial charge in [-0.3, -0.25) is 9.59 Å². The number of rotatable bonds is 3. The molecule has 1 amide bonds. The first-order chi connectivity index (χ1) is 11.6. The van der Waals surface area contributed by atoms with Crippen LogP contribution in [-0.4, -0.2) is 48.0 Å². The van der Waals surface area contributed by atoms with Crippen LogP contribution in [0.2, 0.25) is 0 Å². The van der Waals surface area contributed by atoms with Crippen LogP contribution in [0.25, 0.3) is 0 Å². The van der Waals surface area contributed by atoms with Gasteiger partial charge in [-0.2, -0.15) is 0 Å². The van der Waals surface area contributed by atoms with Gasteiger partial charge in [0.25, 0.3) is 5.90 Å². The van der Waals surface area contributed by atoms with Crippen molar-refractivity contribution in [2.75, 3.05) is 7.11 Å². The Balaban J connectivity index is 1.85. The molecule has 0 saturated carbocycles. The summed E-state index contributed by atoms with van der Waals surface area (Å²) in [5.74, 6) is -0.253. The number of ether oxygens (including phenoxy) is 2. The van der Waals surface area contributed by atoms with Gasteiger partial charge >= 0.3 is 5.97 Å². The molecule has 0 aromatic heterocycles. The van der Waals surface area contributed by atoms with Gasteiger partial charge in [0.1, 0.15) is 0 Å². The number of methoxy groups -OCH3 is 1. The maximum Gasteiger partial charge on any atom is 0.307 e. The quantitative estimate of drug-likeness (QED) is 0.784. The highest BCUT2D eigenvalue weighted by atomic mass is 16.7. The summed E-state index contributed by atoms with van der Waals surface area (Å²) in [5.41, 5.74) is 0.794. The number of esters is 1. The first kappa shape index (κ1) is 16.0. The molecule has 0 fully saturated rings. The predicted molar refractivity (Wildman–Crippen MR) is 84.8 cm³/mol. The zero-order valence-corrected chi connectivity index (χ0v) is 13.4. The van der Waals surface area contributed by atoms with E-state index in [0.29, 0.717) is 5.90 Å². The number of hydrogen-bond donors (Lipinski definition) is 0. The molecule has 0 bridgehead atoms. The van der Waals surface area contributed by atoms with E-state index in [2.05, 4.69) is 5.16 Å². The van der Waals surface area contributed by atoms with Crippen molar-refractivity contribution < 1.29 is 23.9 Å². The molecule has 1 aromatic carbocycles. The number of carbonyl (C=O) groups excluding carboxylic acids is 2. The fourth-order valence-electron chi connectivity index (χ4n) is 2.78. The van der Waals surface area contributed by atoms with Gasteiger partial charge in [0.2, 0.25) is 5.91 Å². The summed E-state index contributed by atoms with van der Waals surface area (Å²) in [6, 6.07) is 8.84. The standard InChI is InChI=1S/C17H18N2O5/c1-11(20)19-9-8-14-16(13(19)10-15(21)22-2)24-18-17(23-14)12-6-4-3-5-7-12/h3-9,13-14,16H,10H2,1-2H3/t13-,14?,16-/m0/s1. The number of fused-ring (bicyclic) bond motifs is 1. The second-order valence-electron chi connectivity index (χ2n) is 5.53. The fraction of sp³-hybridized carbons (Fsp3) is 0.353. The molecule has 0 radical (unpaired) electrons. The molecule has 1 aromatic rings. The Hall–Kier alpha value is -2.83. The molecule has 0 spiro atoms. The maximum atomic E-state index is 11.8. The van der Waals surface area contributed by atoms with Crippen LogP contribution in [0.5, 0.6) is 0 Å². The largest absolute Gasteiger partial charge is 0.469 e. The molecule has 2 heterocycles. The minimum Gasteiger partial charge on any atom is -0.469 e. The van der Waals surface area contributed by atoms with Crippen LogP contribution < -0.4 is 0 Å². The third-order valence-corrected chi connectivity index (χ3v) is 3.99. The second-order valence-corrected chi connectivity index (χ2v) is 5.53. The van der Waals surface area contributed by atoms with Crippen molar-refractivity contribution in [3.05, 3.63) is 48.2 Å². The highest BCUT2D eigenvalue weighted by Gasteiger charge is 2.43. The van der Waals surface area contributed by atoms with Gasteiger partial charge in [-0.1, -0.05) is 18.2 Å². The van der Waals surface area contributed by atoms with Crippen LogP contribution in [-0.2, 0) is 23.9 Å². The van der Waals surface area contributed by atoms with Gasteiger partial charge in [-0.15, -0.1) is 0 Å². The van der Waals surface area contributed by atoms with Crippen LogP contribution in [0, 0.1) is 0 Å². The van der Waals surface area contributed by atoms with Crippen molar-refractivity contribution >= 4 is 17.8 Å². The molecule has 1 unspecified atom stereocenters. The minimum atomic E-state index is -0.578. The van der Waals surface area contributed by atoms with E-state index in [9.17, 15) is 9.59 Å². The Bertz CT molecular complexity index is 685. The molecule has 7 nitrogen and oxygen atoms in total. The van der Waals surface area contributed by atoms with Crippen molar-refractivity contribution in [1.82, 2.24) is 4.90 Å². The molecule has 7 heteroatoms. The number of amides is 1. The molecule has 24 heavy (non-hydrogen) atoms. The van der Waals surface area contributed by atoms with E-state index in [-0.39, 0.29) is 12.3 Å². The van der Waals surface area contributed by atoms with E-state index in [1.807, 2.05) is 30.3 Å². The monoisotopic (exact) mass is 330 g/mol. The van der Waals surface area contributed by atoms with Crippen molar-refractivity contribution in [1.29, 1.82) is 0 Å². The predicted octanol–water partition coefficient (Wildman–Crippen LogP) is 1.44. The average Bonchev–Trinajstić information content (AvgIpc) is 2.61. The van der Waals surface area contributed by atoms with Gasteiger partial charge < -0.3 is 19.2 Å². The lowest BCUT2D eigenvalue weighted by Gasteiger charge is -2.40. The lowest BCUT2D eigenvalue weighted by molar-refractivity contribution is -0.149. The maximum absolute atomic E-state index is 11.8. The van der Waals surface area contributed by atoms with Gasteiger partial charge in [0.05, 0.1) is 19.6 Å². The topological polar surface area (TPSA) is 77.4 Å². The molecule has 2 aliphatic rings. The van der Waals surface area contributed by atoms with Crippen LogP contribution in [0.3, 0.4) is 0 Å². The van der Waals surface area contributed by atoms with Crippen molar-refractivity contribution in [2.45, 2.75) is 31.6 Å². The number of carbonyl (C=O) groups is 2. The van der Waals surface area contributed by atoms with Crippen LogP contribution >= 0.6 is 0 Å². The Morgan fingerprint density at radius 2 is 2.04 bits per heavy atom. The number of nitrogens with zero attached hydrogens (tertiary/aromatic N) is 2. The van der Waals surface area contributed by atoms with Crippen molar-refractivity contribution in [3.63, 3.8) is 0 Å². The van der Waals surface area contributed by atoms with Crippen LogP contribution in [0.4, 0.5) is 0 Å². The van der Waals surface area contributed by atoms with E-state index in [1.165, 1.54) is 18.9 Å². The van der Waals surface area contributed by atoms with Gasteiger partial charge in [-0.25, -0.2) is 0 Å². The van der Waals surface area contributed by atoms with Gasteiger partial charge in [-0.05, 0) is 23.4 Å². The molecule has 0 N–H and O–H groups in total. The molecule has 3 rings (SSSR count). The summed E-state index contributed by atoms with van der Waals surface area (Å²) in [7, 11) is 1.31. The molecular weight excluding hydrogens is 312 g/mol.